The number of nitrogens with two attached hydrogens (primary N) is 1. The summed E-state index contributed by atoms with van der Waals surface area (Å²) in [6.45, 7) is 0. The number of aryl methyl sites for hydroxylation is 1. The first kappa shape index (κ1) is 17.9. The average molecular weight is 408 g/mol. The van der Waals surface area contributed by atoms with E-state index in [0.29, 0.717) is 6.42 Å². The fourth-order valence-electron chi connectivity index (χ4n) is 3.61. The molecule has 0 radical (unpaired) electrons. The van der Waals surface area contributed by atoms with Gasteiger partial charge >= 0.3 is 0 Å². The van der Waals surface area contributed by atoms with Crippen LogP contribution in [0.5, 0.6) is 0 Å². The van der Waals surface area contributed by atoms with Crippen molar-refractivity contribution < 1.29 is 14.4 Å². The summed E-state index contributed by atoms with van der Waals surface area (Å²) in [5.41, 5.74) is 9.68. The Kier molecular flexibility index (Phi) is 5.15. The van der Waals surface area contributed by atoms with Crippen LogP contribution in [0, 0.1) is 5.92 Å². The zero-order valence-electron chi connectivity index (χ0n) is 14.4. The SMILES string of the molecule is CON(C)C(=O)CC1CCc2c([nH]c3c(CC(N)=O)ccc(Br)c23)C1. The minimum absolute atomic E-state index is 0.0114. The first-order chi connectivity index (χ1) is 11.9. The van der Waals surface area contributed by atoms with Gasteiger partial charge in [0.25, 0.3) is 0 Å². The predicted octanol–water partition coefficient (Wildman–Crippen LogP) is 2.47. The van der Waals surface area contributed by atoms with Gasteiger partial charge in [-0.25, -0.2) is 5.06 Å². The third-order valence-corrected chi connectivity index (χ3v) is 5.59. The number of carbonyl (C=O) groups excluding carboxylic acids is 2. The molecule has 25 heavy (non-hydrogen) atoms. The molecule has 0 saturated heterocycles. The summed E-state index contributed by atoms with van der Waals surface area (Å²) in [5.74, 6) is -0.0750. The molecule has 6 nitrogen and oxygen atoms in total. The van der Waals surface area contributed by atoms with Crippen molar-refractivity contribution in [2.75, 3.05) is 14.2 Å². The largest absolute Gasteiger partial charge is 0.369 e. The van der Waals surface area contributed by atoms with Gasteiger partial charge in [0, 0.05) is 29.0 Å². The van der Waals surface area contributed by atoms with E-state index in [-0.39, 0.29) is 24.2 Å². The number of carbonyl (C=O) groups is 2. The van der Waals surface area contributed by atoms with Crippen LogP contribution in [0.15, 0.2) is 16.6 Å². The van der Waals surface area contributed by atoms with Crippen molar-refractivity contribution >= 4 is 38.6 Å². The van der Waals surface area contributed by atoms with Crippen molar-refractivity contribution in [3.8, 4) is 0 Å². The van der Waals surface area contributed by atoms with Crippen LogP contribution in [-0.2, 0) is 33.7 Å². The molecule has 1 aromatic heterocycles. The molecule has 0 aliphatic heterocycles. The van der Waals surface area contributed by atoms with E-state index in [1.54, 1.807) is 7.05 Å². The number of H-pyrrole nitrogens is 1. The highest BCUT2D eigenvalue weighted by atomic mass is 79.9. The maximum absolute atomic E-state index is 12.1. The first-order valence-electron chi connectivity index (χ1n) is 8.30. The second-order valence-electron chi connectivity index (χ2n) is 6.57. The van der Waals surface area contributed by atoms with E-state index < -0.39 is 0 Å². The van der Waals surface area contributed by atoms with E-state index in [9.17, 15) is 9.59 Å². The van der Waals surface area contributed by atoms with Crippen molar-refractivity contribution in [3.63, 3.8) is 0 Å². The highest BCUT2D eigenvalue weighted by Crippen LogP contribution is 2.38. The van der Waals surface area contributed by atoms with Gasteiger partial charge in [-0.05, 0) is 42.4 Å². The van der Waals surface area contributed by atoms with Crippen LogP contribution < -0.4 is 5.73 Å². The lowest BCUT2D eigenvalue weighted by atomic mass is 9.84. The van der Waals surface area contributed by atoms with Crippen LogP contribution in [0.2, 0.25) is 0 Å². The third kappa shape index (κ3) is 3.57. The van der Waals surface area contributed by atoms with Gasteiger partial charge in [0.05, 0.1) is 19.0 Å². The molecular weight excluding hydrogens is 386 g/mol. The number of hydrogen-bond acceptors (Lipinski definition) is 3. The van der Waals surface area contributed by atoms with Crippen molar-refractivity contribution in [1.29, 1.82) is 0 Å². The average Bonchev–Trinajstić information content (AvgIpc) is 2.96. The molecular formula is C18H22BrN3O3. The van der Waals surface area contributed by atoms with Crippen LogP contribution in [0.3, 0.4) is 0 Å². The number of halogens is 1. The lowest BCUT2D eigenvalue weighted by Gasteiger charge is -2.23. The van der Waals surface area contributed by atoms with Crippen molar-refractivity contribution in [2.24, 2.45) is 11.7 Å². The number of hydrogen-bond donors (Lipinski definition) is 2. The van der Waals surface area contributed by atoms with Gasteiger partial charge < -0.3 is 10.7 Å². The van der Waals surface area contributed by atoms with E-state index in [2.05, 4.69) is 20.9 Å². The Hall–Kier alpha value is -1.86. The third-order valence-electron chi connectivity index (χ3n) is 4.93. The number of rotatable bonds is 5. The first-order valence-corrected chi connectivity index (χ1v) is 9.09. The predicted molar refractivity (Wildman–Crippen MR) is 98.8 cm³/mol. The number of fused-ring (bicyclic) bond motifs is 3. The molecule has 1 aliphatic carbocycles. The van der Waals surface area contributed by atoms with Crippen molar-refractivity contribution in [3.05, 3.63) is 33.4 Å². The molecule has 2 amide bonds. The van der Waals surface area contributed by atoms with E-state index in [1.807, 2.05) is 12.1 Å². The lowest BCUT2D eigenvalue weighted by Crippen LogP contribution is -2.29. The minimum atomic E-state index is -0.345. The van der Waals surface area contributed by atoms with Gasteiger partial charge in [-0.1, -0.05) is 22.0 Å². The van der Waals surface area contributed by atoms with Gasteiger partial charge in [0.1, 0.15) is 0 Å². The van der Waals surface area contributed by atoms with Gasteiger partial charge in [0.2, 0.25) is 11.8 Å². The molecule has 1 atom stereocenters. The molecule has 0 saturated carbocycles. The van der Waals surface area contributed by atoms with E-state index in [1.165, 1.54) is 17.7 Å². The molecule has 7 heteroatoms. The van der Waals surface area contributed by atoms with Gasteiger partial charge in [-0.2, -0.15) is 0 Å². The molecule has 3 N–H and O–H groups in total. The normalized spacial score (nSPS) is 16.7. The maximum atomic E-state index is 12.1. The molecule has 3 rings (SSSR count). The zero-order valence-corrected chi connectivity index (χ0v) is 16.0. The highest BCUT2D eigenvalue weighted by Gasteiger charge is 2.27. The van der Waals surface area contributed by atoms with E-state index >= 15 is 0 Å². The number of benzene rings is 1. The molecule has 2 aromatic rings. The Morgan fingerprint density at radius 2 is 2.20 bits per heavy atom. The maximum Gasteiger partial charge on any atom is 0.246 e. The van der Waals surface area contributed by atoms with Crippen molar-refractivity contribution in [1.82, 2.24) is 10.0 Å². The summed E-state index contributed by atoms with van der Waals surface area (Å²) < 4.78 is 1.02. The Balaban J connectivity index is 1.90. The van der Waals surface area contributed by atoms with Gasteiger partial charge in [0.15, 0.2) is 0 Å². The van der Waals surface area contributed by atoms with Crippen molar-refractivity contribution in [2.45, 2.75) is 32.1 Å². The molecule has 1 aliphatic rings. The van der Waals surface area contributed by atoms with Gasteiger partial charge in [-0.3, -0.25) is 14.4 Å². The fraction of sp³-hybridized carbons (Fsp3) is 0.444. The summed E-state index contributed by atoms with van der Waals surface area (Å²) in [4.78, 5) is 31.9. The van der Waals surface area contributed by atoms with Crippen LogP contribution in [-0.4, -0.2) is 36.0 Å². The standard InChI is InChI=1S/C18H22BrN3O3/c1-22(25-2)16(24)8-10-3-5-12-14(7-10)21-18-11(9-15(20)23)4-6-13(19)17(12)18/h4,6,10,21H,3,5,7-9H2,1-2H3,(H2,20,23). The Bertz CT molecular complexity index is 831. The van der Waals surface area contributed by atoms with E-state index in [0.717, 1.165) is 45.9 Å². The molecule has 1 unspecified atom stereocenters. The van der Waals surface area contributed by atoms with E-state index in [4.69, 9.17) is 10.6 Å². The number of nitrogens with zero attached hydrogens (tertiary/aromatic N) is 1. The quantitative estimate of drug-likeness (QED) is 0.746. The number of aromatic nitrogens is 1. The number of aromatic amines is 1. The van der Waals surface area contributed by atoms with Gasteiger partial charge in [-0.15, -0.1) is 0 Å². The summed E-state index contributed by atoms with van der Waals surface area (Å²) in [7, 11) is 3.12. The smallest absolute Gasteiger partial charge is 0.246 e. The zero-order chi connectivity index (χ0) is 18.1. The summed E-state index contributed by atoms with van der Waals surface area (Å²) in [6, 6.07) is 3.89. The van der Waals surface area contributed by atoms with Crippen LogP contribution in [0.4, 0.5) is 0 Å². The molecule has 1 aromatic carbocycles. The fourth-order valence-corrected chi connectivity index (χ4v) is 4.18. The number of amides is 2. The number of hydroxylamine groups is 2. The van der Waals surface area contributed by atoms with Crippen LogP contribution >= 0.6 is 15.9 Å². The lowest BCUT2D eigenvalue weighted by molar-refractivity contribution is -0.169. The molecule has 0 spiro atoms. The molecule has 0 fully saturated rings. The second-order valence-corrected chi connectivity index (χ2v) is 7.42. The summed E-state index contributed by atoms with van der Waals surface area (Å²) in [6.07, 6.45) is 3.35. The summed E-state index contributed by atoms with van der Waals surface area (Å²) in [5, 5.41) is 2.41. The second kappa shape index (κ2) is 7.17. The monoisotopic (exact) mass is 407 g/mol. The van der Waals surface area contributed by atoms with Crippen LogP contribution in [0.1, 0.15) is 29.7 Å². The Labute approximate surface area is 154 Å². The number of nitrogens with one attached hydrogen (secondary N) is 1. The van der Waals surface area contributed by atoms with Crippen LogP contribution in [0.25, 0.3) is 10.9 Å². The Morgan fingerprint density at radius 3 is 2.88 bits per heavy atom. The molecule has 1 heterocycles. The minimum Gasteiger partial charge on any atom is -0.369 e. The molecule has 134 valence electrons. The molecule has 0 bridgehead atoms. The highest BCUT2D eigenvalue weighted by molar-refractivity contribution is 9.10. The number of primary amides is 1. The Morgan fingerprint density at radius 1 is 1.44 bits per heavy atom. The summed E-state index contributed by atoms with van der Waals surface area (Å²) >= 11 is 3.63. The topological polar surface area (TPSA) is 88.4 Å².